The average molecular weight is 308 g/mol. The Morgan fingerprint density at radius 2 is 1.70 bits per heavy atom. The van der Waals surface area contributed by atoms with Crippen molar-refractivity contribution in [2.45, 2.75) is 31.7 Å². The highest BCUT2D eigenvalue weighted by molar-refractivity contribution is 5.87. The summed E-state index contributed by atoms with van der Waals surface area (Å²) >= 11 is 0. The highest BCUT2D eigenvalue weighted by atomic mass is 14.9. The number of hydrogen-bond acceptors (Lipinski definition) is 1. The van der Waals surface area contributed by atoms with Crippen LogP contribution in [0.4, 0.5) is 0 Å². The smallest absolute Gasteiger partial charge is 0.251 e. The van der Waals surface area contributed by atoms with Crippen LogP contribution in [0.15, 0.2) is 54.6 Å². The Balaban J connectivity index is 1.87. The standard InChI is InChI=1S/C20H25N3/c1-16-7-9-17(10-8-16)15-23-19(21)20(11-13-22-14-12-20)18-5-3-2-4-6-18/h2-10,22H,11-15H2,1H3,(H2,21,23)/p+1. The van der Waals surface area contributed by atoms with Crippen LogP contribution in [-0.2, 0) is 12.0 Å². The van der Waals surface area contributed by atoms with Gasteiger partial charge in [-0.25, -0.2) is 0 Å². The molecule has 2 aromatic rings. The molecule has 1 aliphatic rings. The molecule has 1 aliphatic heterocycles. The average Bonchev–Trinajstić information content (AvgIpc) is 2.62. The van der Waals surface area contributed by atoms with Crippen LogP contribution in [0, 0.1) is 6.92 Å². The first-order valence-corrected chi connectivity index (χ1v) is 8.39. The highest BCUT2D eigenvalue weighted by Crippen LogP contribution is 2.32. The van der Waals surface area contributed by atoms with Gasteiger partial charge in [0.25, 0.3) is 5.84 Å². The second kappa shape index (κ2) is 6.97. The van der Waals surface area contributed by atoms with Crippen LogP contribution in [0.1, 0.15) is 29.5 Å². The van der Waals surface area contributed by atoms with E-state index < -0.39 is 0 Å². The Labute approximate surface area is 138 Å². The van der Waals surface area contributed by atoms with E-state index in [1.165, 1.54) is 16.7 Å². The number of hydrogen-bond donors (Lipinski definition) is 3. The van der Waals surface area contributed by atoms with Gasteiger partial charge in [0.2, 0.25) is 0 Å². The lowest BCUT2D eigenvalue weighted by atomic mass is 9.72. The topological polar surface area (TPSA) is 52.0 Å². The van der Waals surface area contributed by atoms with Gasteiger partial charge < -0.3 is 5.32 Å². The van der Waals surface area contributed by atoms with E-state index in [2.05, 4.69) is 71.8 Å². The maximum absolute atomic E-state index is 6.57. The predicted molar refractivity (Wildman–Crippen MR) is 95.3 cm³/mol. The molecule has 0 unspecified atom stereocenters. The van der Waals surface area contributed by atoms with Crippen molar-refractivity contribution in [1.82, 2.24) is 5.32 Å². The van der Waals surface area contributed by atoms with Gasteiger partial charge in [0, 0.05) is 0 Å². The number of amidine groups is 1. The molecule has 0 spiro atoms. The molecular weight excluding hydrogens is 282 g/mol. The van der Waals surface area contributed by atoms with Crippen molar-refractivity contribution >= 4 is 5.84 Å². The summed E-state index contributed by atoms with van der Waals surface area (Å²) in [6, 6.07) is 19.3. The molecule has 23 heavy (non-hydrogen) atoms. The maximum Gasteiger partial charge on any atom is 0.251 e. The molecule has 0 radical (unpaired) electrons. The fraction of sp³-hybridized carbons (Fsp3) is 0.350. The van der Waals surface area contributed by atoms with Crippen molar-refractivity contribution in [3.63, 3.8) is 0 Å². The fourth-order valence-corrected chi connectivity index (χ4v) is 3.40. The third-order valence-electron chi connectivity index (χ3n) is 4.90. The van der Waals surface area contributed by atoms with Gasteiger partial charge in [0.1, 0.15) is 6.54 Å². The summed E-state index contributed by atoms with van der Waals surface area (Å²) in [5.74, 6) is 0.894. The quantitative estimate of drug-likeness (QED) is 0.588. The van der Waals surface area contributed by atoms with Crippen LogP contribution in [0.3, 0.4) is 0 Å². The second-order valence-corrected chi connectivity index (χ2v) is 6.45. The molecule has 0 saturated carbocycles. The van der Waals surface area contributed by atoms with Crippen molar-refractivity contribution < 1.29 is 4.99 Å². The molecule has 0 aromatic heterocycles. The van der Waals surface area contributed by atoms with Crippen molar-refractivity contribution in [3.8, 4) is 0 Å². The molecule has 0 bridgehead atoms. The van der Waals surface area contributed by atoms with Gasteiger partial charge in [-0.15, -0.1) is 0 Å². The summed E-state index contributed by atoms with van der Waals surface area (Å²) in [6.45, 7) is 4.88. The minimum Gasteiger partial charge on any atom is -0.317 e. The van der Waals surface area contributed by atoms with E-state index >= 15 is 0 Å². The fourth-order valence-electron chi connectivity index (χ4n) is 3.40. The van der Waals surface area contributed by atoms with Crippen molar-refractivity contribution in [2.24, 2.45) is 5.73 Å². The Bertz CT molecular complexity index is 653. The van der Waals surface area contributed by atoms with Crippen LogP contribution in [0.5, 0.6) is 0 Å². The molecule has 2 aromatic carbocycles. The minimum atomic E-state index is -0.0722. The van der Waals surface area contributed by atoms with Gasteiger partial charge in [-0.2, -0.15) is 0 Å². The molecule has 3 nitrogen and oxygen atoms in total. The van der Waals surface area contributed by atoms with Gasteiger partial charge in [-0.3, -0.25) is 10.7 Å². The zero-order valence-electron chi connectivity index (χ0n) is 13.8. The van der Waals surface area contributed by atoms with Crippen molar-refractivity contribution in [2.75, 3.05) is 13.1 Å². The first-order valence-electron chi connectivity index (χ1n) is 8.39. The van der Waals surface area contributed by atoms with E-state index in [1.807, 2.05) is 0 Å². The molecule has 0 aliphatic carbocycles. The largest absolute Gasteiger partial charge is 0.317 e. The van der Waals surface area contributed by atoms with E-state index in [4.69, 9.17) is 5.73 Å². The lowest BCUT2D eigenvalue weighted by Crippen LogP contribution is -2.79. The summed E-state index contributed by atoms with van der Waals surface area (Å²) in [5, 5.41) is 3.45. The summed E-state index contributed by atoms with van der Waals surface area (Å²) in [7, 11) is 0. The van der Waals surface area contributed by atoms with Gasteiger partial charge in [0.05, 0.1) is 5.41 Å². The number of rotatable bonds is 4. The van der Waals surface area contributed by atoms with E-state index in [0.717, 1.165) is 38.3 Å². The molecule has 0 atom stereocenters. The normalized spacial score (nSPS) is 17.9. The van der Waals surface area contributed by atoms with Crippen molar-refractivity contribution in [3.05, 3.63) is 71.3 Å². The number of piperidine rings is 1. The highest BCUT2D eigenvalue weighted by Gasteiger charge is 2.41. The maximum atomic E-state index is 6.57. The SMILES string of the molecule is Cc1ccc(C[NH+]=C(N)C2(c3ccccc3)CCNCC2)cc1. The Kier molecular flexibility index (Phi) is 4.77. The summed E-state index contributed by atoms with van der Waals surface area (Å²) < 4.78 is 0. The first kappa shape index (κ1) is 15.8. The molecule has 3 heteroatoms. The van der Waals surface area contributed by atoms with Gasteiger partial charge >= 0.3 is 0 Å². The van der Waals surface area contributed by atoms with Gasteiger partial charge in [0.15, 0.2) is 0 Å². The molecular formula is C20H26N3+. The lowest BCUT2D eigenvalue weighted by molar-refractivity contribution is -0.479. The minimum absolute atomic E-state index is 0.0722. The third-order valence-corrected chi connectivity index (χ3v) is 4.90. The molecule has 1 saturated heterocycles. The molecule has 1 fully saturated rings. The molecule has 3 rings (SSSR count). The Morgan fingerprint density at radius 3 is 2.35 bits per heavy atom. The second-order valence-electron chi connectivity index (χ2n) is 6.45. The lowest BCUT2D eigenvalue weighted by Gasteiger charge is -2.34. The zero-order valence-corrected chi connectivity index (χ0v) is 13.8. The number of nitrogens with two attached hydrogens (primary N) is 1. The van der Waals surface area contributed by atoms with Crippen LogP contribution in [0.25, 0.3) is 0 Å². The number of aryl methyl sites for hydroxylation is 1. The monoisotopic (exact) mass is 308 g/mol. The molecule has 0 amide bonds. The summed E-state index contributed by atoms with van der Waals surface area (Å²) in [4.78, 5) is 3.49. The van der Waals surface area contributed by atoms with E-state index in [9.17, 15) is 0 Å². The van der Waals surface area contributed by atoms with Crippen LogP contribution < -0.4 is 16.0 Å². The van der Waals surface area contributed by atoms with Crippen LogP contribution in [0.2, 0.25) is 0 Å². The van der Waals surface area contributed by atoms with E-state index in [1.54, 1.807) is 0 Å². The van der Waals surface area contributed by atoms with E-state index in [0.29, 0.717) is 0 Å². The Morgan fingerprint density at radius 1 is 1.04 bits per heavy atom. The van der Waals surface area contributed by atoms with E-state index in [-0.39, 0.29) is 5.41 Å². The molecule has 120 valence electrons. The molecule has 1 heterocycles. The molecule has 4 N–H and O–H groups in total. The number of nitrogens with one attached hydrogen (secondary N) is 2. The van der Waals surface area contributed by atoms with Crippen LogP contribution in [-0.4, -0.2) is 18.9 Å². The predicted octanol–water partition coefficient (Wildman–Crippen LogP) is 1.25. The number of benzene rings is 2. The Hall–Kier alpha value is -2.13. The zero-order chi connectivity index (χ0) is 16.1. The third kappa shape index (κ3) is 3.45. The summed E-state index contributed by atoms with van der Waals surface area (Å²) in [5.41, 5.74) is 10.4. The van der Waals surface area contributed by atoms with Crippen molar-refractivity contribution in [1.29, 1.82) is 0 Å². The summed E-state index contributed by atoms with van der Waals surface area (Å²) in [6.07, 6.45) is 2.06. The van der Waals surface area contributed by atoms with Crippen LogP contribution >= 0.6 is 0 Å². The van der Waals surface area contributed by atoms with Gasteiger partial charge in [-0.05, 0) is 44.0 Å². The van der Waals surface area contributed by atoms with Gasteiger partial charge in [-0.1, -0.05) is 60.2 Å². The first-order chi connectivity index (χ1) is 11.2.